The molecule has 98 valence electrons. The molecule has 0 saturated carbocycles. The van der Waals surface area contributed by atoms with Gasteiger partial charge in [0.05, 0.1) is 5.52 Å². The number of aryl methyl sites for hydroxylation is 2. The van der Waals surface area contributed by atoms with Crippen molar-refractivity contribution in [2.45, 2.75) is 13.8 Å². The summed E-state index contributed by atoms with van der Waals surface area (Å²) >= 11 is 0. The highest BCUT2D eigenvalue weighted by Gasteiger charge is 2.08. The minimum atomic E-state index is -0.0880. The van der Waals surface area contributed by atoms with Crippen molar-refractivity contribution in [3.63, 3.8) is 0 Å². The molecular weight excluding hydrogens is 262 g/mol. The van der Waals surface area contributed by atoms with Crippen molar-refractivity contribution >= 4 is 34.1 Å². The summed E-state index contributed by atoms with van der Waals surface area (Å²) in [4.78, 5) is 15.0. The first kappa shape index (κ1) is 13.4. The van der Waals surface area contributed by atoms with E-state index >= 15 is 0 Å². The van der Waals surface area contributed by atoms with E-state index in [1.807, 2.05) is 32.0 Å². The predicted octanol–water partition coefficient (Wildman–Crippen LogP) is 3.43. The van der Waals surface area contributed by atoms with E-state index in [-0.39, 0.29) is 23.7 Å². The summed E-state index contributed by atoms with van der Waals surface area (Å²) in [7, 11) is 0. The van der Waals surface area contributed by atoms with Crippen LogP contribution in [-0.2, 0) is 0 Å². The number of aromatic amines is 1. The number of H-pyrrole nitrogens is 1. The van der Waals surface area contributed by atoms with Crippen LogP contribution in [-0.4, -0.2) is 10.1 Å². The number of nitrogens with one attached hydrogen (secondary N) is 1. The third-order valence-electron chi connectivity index (χ3n) is 3.27. The van der Waals surface area contributed by atoms with Gasteiger partial charge in [0.25, 0.3) is 5.56 Å². The van der Waals surface area contributed by atoms with Crippen LogP contribution in [0.4, 0.5) is 0 Å². The maximum atomic E-state index is 12.1. The zero-order valence-corrected chi connectivity index (χ0v) is 11.5. The monoisotopic (exact) mass is 275 g/mol. The van der Waals surface area contributed by atoms with Crippen molar-refractivity contribution in [3.8, 4) is 5.75 Å². The second-order valence-corrected chi connectivity index (χ2v) is 4.69. The van der Waals surface area contributed by atoms with E-state index in [4.69, 9.17) is 0 Å². The number of rotatable bonds is 0. The maximum absolute atomic E-state index is 12.1. The van der Waals surface area contributed by atoms with Gasteiger partial charge in [0.2, 0.25) is 0 Å². The first-order valence-electron chi connectivity index (χ1n) is 5.82. The Labute approximate surface area is 116 Å². The van der Waals surface area contributed by atoms with E-state index in [9.17, 15) is 9.90 Å². The average molecular weight is 276 g/mol. The molecule has 0 spiro atoms. The van der Waals surface area contributed by atoms with Gasteiger partial charge < -0.3 is 10.1 Å². The summed E-state index contributed by atoms with van der Waals surface area (Å²) in [6.45, 7) is 3.83. The molecule has 0 aliphatic rings. The number of aromatic hydroxyl groups is 1. The van der Waals surface area contributed by atoms with E-state index in [1.54, 1.807) is 12.1 Å². The fourth-order valence-electron chi connectivity index (χ4n) is 2.41. The molecule has 2 N–H and O–H groups in total. The van der Waals surface area contributed by atoms with Gasteiger partial charge in [0.1, 0.15) is 5.75 Å². The molecule has 0 atom stereocenters. The maximum Gasteiger partial charge on any atom is 0.256 e. The fraction of sp³-hybridized carbons (Fsp3) is 0.133. The molecule has 19 heavy (non-hydrogen) atoms. The first-order chi connectivity index (χ1) is 8.56. The fourth-order valence-corrected chi connectivity index (χ4v) is 2.41. The van der Waals surface area contributed by atoms with Gasteiger partial charge in [-0.15, -0.1) is 12.4 Å². The molecule has 0 amide bonds. The zero-order chi connectivity index (χ0) is 12.9. The van der Waals surface area contributed by atoms with Crippen LogP contribution in [0.25, 0.3) is 21.7 Å². The van der Waals surface area contributed by atoms with Crippen molar-refractivity contribution in [2.75, 3.05) is 0 Å². The molecular formula is C15H14ClNO2. The van der Waals surface area contributed by atoms with Crippen LogP contribution in [0.2, 0.25) is 0 Å². The van der Waals surface area contributed by atoms with Gasteiger partial charge in [-0.1, -0.05) is 17.7 Å². The number of fused-ring (bicyclic) bond motifs is 3. The van der Waals surface area contributed by atoms with Gasteiger partial charge in [-0.3, -0.25) is 4.79 Å². The van der Waals surface area contributed by atoms with Crippen molar-refractivity contribution in [1.29, 1.82) is 0 Å². The molecule has 0 aliphatic carbocycles. The number of halogens is 1. The van der Waals surface area contributed by atoms with Gasteiger partial charge >= 0.3 is 0 Å². The van der Waals surface area contributed by atoms with Crippen LogP contribution in [0.5, 0.6) is 5.75 Å². The summed E-state index contributed by atoms with van der Waals surface area (Å²) in [6.07, 6.45) is 0. The van der Waals surface area contributed by atoms with Gasteiger partial charge in [-0.2, -0.15) is 0 Å². The lowest BCUT2D eigenvalue weighted by atomic mass is 10.0. The van der Waals surface area contributed by atoms with Crippen LogP contribution in [0.3, 0.4) is 0 Å². The normalized spacial score (nSPS) is 10.6. The van der Waals surface area contributed by atoms with E-state index in [1.165, 1.54) is 0 Å². The number of phenols is 1. The number of pyridine rings is 1. The number of phenolic OH excluding ortho intramolecular Hbond substituents is 1. The Kier molecular flexibility index (Phi) is 3.25. The van der Waals surface area contributed by atoms with E-state index in [0.717, 1.165) is 27.4 Å². The Hall–Kier alpha value is -2.00. The number of aromatic nitrogens is 1. The van der Waals surface area contributed by atoms with E-state index < -0.39 is 0 Å². The minimum Gasteiger partial charge on any atom is -0.508 e. The Morgan fingerprint density at radius 3 is 2.47 bits per heavy atom. The Balaban J connectivity index is 0.00000133. The molecule has 3 rings (SSSR count). The Morgan fingerprint density at radius 1 is 1.00 bits per heavy atom. The minimum absolute atomic E-state index is 0. The highest BCUT2D eigenvalue weighted by molar-refractivity contribution is 6.06. The molecule has 2 aromatic carbocycles. The first-order valence-corrected chi connectivity index (χ1v) is 5.82. The molecule has 3 aromatic rings. The molecule has 0 radical (unpaired) electrons. The Morgan fingerprint density at radius 2 is 1.74 bits per heavy atom. The second-order valence-electron chi connectivity index (χ2n) is 4.69. The molecule has 0 unspecified atom stereocenters. The largest absolute Gasteiger partial charge is 0.508 e. The molecule has 4 heteroatoms. The van der Waals surface area contributed by atoms with Crippen LogP contribution in [0, 0.1) is 13.8 Å². The van der Waals surface area contributed by atoms with Gasteiger partial charge in [0, 0.05) is 10.8 Å². The summed E-state index contributed by atoms with van der Waals surface area (Å²) in [6, 6.07) is 9.11. The van der Waals surface area contributed by atoms with E-state index in [2.05, 4.69) is 4.98 Å². The standard InChI is InChI=1S/C15H13NO2.ClH/c1-8-3-4-11-12-7-10(17)6-9(2)14(12)16-15(18)13(11)5-8;/h3-7,17H,1-2H3,(H,16,18);1H. The zero-order valence-electron chi connectivity index (χ0n) is 10.7. The number of benzene rings is 2. The molecule has 0 bridgehead atoms. The third-order valence-corrected chi connectivity index (χ3v) is 3.27. The van der Waals surface area contributed by atoms with Crippen molar-refractivity contribution in [3.05, 3.63) is 51.8 Å². The van der Waals surface area contributed by atoms with Crippen LogP contribution in [0.15, 0.2) is 35.1 Å². The van der Waals surface area contributed by atoms with Crippen LogP contribution < -0.4 is 5.56 Å². The molecule has 0 aliphatic heterocycles. The lowest BCUT2D eigenvalue weighted by Gasteiger charge is -2.07. The summed E-state index contributed by atoms with van der Waals surface area (Å²) in [5.74, 6) is 0.217. The molecule has 0 saturated heterocycles. The Bertz CT molecular complexity index is 837. The van der Waals surface area contributed by atoms with Crippen molar-refractivity contribution in [1.82, 2.24) is 4.98 Å². The summed E-state index contributed by atoms with van der Waals surface area (Å²) in [5, 5.41) is 12.1. The second kappa shape index (κ2) is 4.59. The van der Waals surface area contributed by atoms with Crippen molar-refractivity contribution in [2.24, 2.45) is 0 Å². The SMILES string of the molecule is Cc1ccc2c(c1)c(=O)[nH]c1c(C)cc(O)cc12.Cl. The molecule has 1 heterocycles. The molecule has 0 fully saturated rings. The lowest BCUT2D eigenvalue weighted by molar-refractivity contribution is 0.476. The van der Waals surface area contributed by atoms with Crippen LogP contribution >= 0.6 is 12.4 Å². The van der Waals surface area contributed by atoms with Gasteiger partial charge in [-0.05, 0) is 43.0 Å². The topological polar surface area (TPSA) is 53.1 Å². The lowest BCUT2D eigenvalue weighted by Crippen LogP contribution is -2.07. The number of hydrogen-bond donors (Lipinski definition) is 2. The van der Waals surface area contributed by atoms with Crippen molar-refractivity contribution < 1.29 is 5.11 Å². The van der Waals surface area contributed by atoms with Gasteiger partial charge in [-0.25, -0.2) is 0 Å². The summed E-state index contributed by atoms with van der Waals surface area (Å²) < 4.78 is 0. The summed E-state index contributed by atoms with van der Waals surface area (Å²) in [5.41, 5.74) is 2.61. The predicted molar refractivity (Wildman–Crippen MR) is 80.5 cm³/mol. The third kappa shape index (κ3) is 2.06. The highest BCUT2D eigenvalue weighted by Crippen LogP contribution is 2.27. The van der Waals surface area contributed by atoms with Gasteiger partial charge in [0.15, 0.2) is 0 Å². The average Bonchev–Trinajstić information content (AvgIpc) is 2.31. The molecule has 3 nitrogen and oxygen atoms in total. The van der Waals surface area contributed by atoms with Crippen LogP contribution in [0.1, 0.15) is 11.1 Å². The molecule has 1 aromatic heterocycles. The number of hydrogen-bond acceptors (Lipinski definition) is 2. The van der Waals surface area contributed by atoms with E-state index in [0.29, 0.717) is 5.39 Å². The highest BCUT2D eigenvalue weighted by atomic mass is 35.5. The quantitative estimate of drug-likeness (QED) is 0.618. The smallest absolute Gasteiger partial charge is 0.256 e.